The Bertz CT molecular complexity index is 682. The second-order valence-electron chi connectivity index (χ2n) is 5.84. The van der Waals surface area contributed by atoms with Crippen LogP contribution >= 0.6 is 0 Å². The molecule has 0 amide bonds. The topological polar surface area (TPSA) is 32.7 Å². The first-order chi connectivity index (χ1) is 11.5. The van der Waals surface area contributed by atoms with Gasteiger partial charge in [0.05, 0.1) is 5.71 Å². The van der Waals surface area contributed by atoms with E-state index in [1.807, 2.05) is 64.2 Å². The lowest BCUT2D eigenvalue weighted by Crippen LogP contribution is -2.19. The van der Waals surface area contributed by atoms with Crippen LogP contribution in [0.4, 0.5) is 0 Å². The van der Waals surface area contributed by atoms with Crippen molar-refractivity contribution in [1.82, 2.24) is 4.90 Å². The summed E-state index contributed by atoms with van der Waals surface area (Å²) in [6.45, 7) is 6.31. The molecule has 0 bridgehead atoms. The summed E-state index contributed by atoms with van der Waals surface area (Å²) in [5.41, 5.74) is 4.94. The molecule has 3 nitrogen and oxygen atoms in total. The standard InChI is InChI=1S/C16H13NO.C3H9N.C2H6/c1-11-6-8-12(9-7-11)16-14-5-3-2-4-13(14)15(18)10-17-16;1-4(2)3;1-2/h2-9H,10H2,1H3;1-3H3;1-2H3. The molecule has 3 rings (SSSR count). The monoisotopic (exact) mass is 324 g/mol. The van der Waals surface area contributed by atoms with Crippen molar-refractivity contribution < 1.29 is 4.79 Å². The number of Topliss-reactive ketones (excluding diaryl/α,β-unsaturated/α-hetero) is 1. The van der Waals surface area contributed by atoms with Gasteiger partial charge in [-0.25, -0.2) is 0 Å². The summed E-state index contributed by atoms with van der Waals surface area (Å²) in [7, 11) is 6.00. The molecular weight excluding hydrogens is 296 g/mol. The molecule has 0 N–H and O–H groups in total. The molecule has 1 aliphatic heterocycles. The zero-order valence-electron chi connectivity index (χ0n) is 15.6. The second-order valence-corrected chi connectivity index (χ2v) is 5.84. The smallest absolute Gasteiger partial charge is 0.184 e. The average Bonchev–Trinajstić information content (AvgIpc) is 2.58. The molecule has 3 heteroatoms. The van der Waals surface area contributed by atoms with Crippen LogP contribution in [0.25, 0.3) is 0 Å². The summed E-state index contributed by atoms with van der Waals surface area (Å²) in [6, 6.07) is 15.9. The number of nitrogens with zero attached hydrogens (tertiary/aromatic N) is 2. The Hall–Kier alpha value is -2.26. The molecule has 0 saturated heterocycles. The third-order valence-corrected chi connectivity index (χ3v) is 3.19. The first-order valence-electron chi connectivity index (χ1n) is 8.34. The highest BCUT2D eigenvalue weighted by Crippen LogP contribution is 2.20. The highest BCUT2D eigenvalue weighted by molar-refractivity contribution is 6.21. The quantitative estimate of drug-likeness (QED) is 0.786. The number of hydrogen-bond acceptors (Lipinski definition) is 3. The van der Waals surface area contributed by atoms with Crippen molar-refractivity contribution in [3.63, 3.8) is 0 Å². The van der Waals surface area contributed by atoms with Gasteiger partial charge in [0.25, 0.3) is 0 Å². The van der Waals surface area contributed by atoms with E-state index in [-0.39, 0.29) is 12.3 Å². The highest BCUT2D eigenvalue weighted by Gasteiger charge is 2.20. The molecular formula is C21H28N2O. The fraction of sp³-hybridized carbons (Fsp3) is 0.333. The second kappa shape index (κ2) is 9.78. The zero-order chi connectivity index (χ0) is 18.1. The largest absolute Gasteiger partial charge is 0.312 e. The Labute approximate surface area is 146 Å². The third kappa shape index (κ3) is 5.43. The van der Waals surface area contributed by atoms with E-state index >= 15 is 0 Å². The van der Waals surface area contributed by atoms with Gasteiger partial charge in [-0.1, -0.05) is 67.9 Å². The van der Waals surface area contributed by atoms with Crippen molar-refractivity contribution >= 4 is 11.5 Å². The van der Waals surface area contributed by atoms with E-state index in [4.69, 9.17) is 0 Å². The van der Waals surface area contributed by atoms with Gasteiger partial charge >= 0.3 is 0 Å². The Balaban J connectivity index is 0.000000423. The Kier molecular flexibility index (Phi) is 8.07. The number of fused-ring (bicyclic) bond motifs is 1. The van der Waals surface area contributed by atoms with E-state index in [9.17, 15) is 4.79 Å². The number of hydrogen-bond donors (Lipinski definition) is 0. The van der Waals surface area contributed by atoms with Crippen LogP contribution in [-0.4, -0.2) is 44.1 Å². The molecule has 0 aliphatic carbocycles. The molecule has 0 unspecified atom stereocenters. The molecule has 0 fully saturated rings. The molecule has 0 radical (unpaired) electrons. The molecule has 1 aliphatic rings. The summed E-state index contributed by atoms with van der Waals surface area (Å²) in [6.07, 6.45) is 0. The molecule has 24 heavy (non-hydrogen) atoms. The maximum Gasteiger partial charge on any atom is 0.184 e. The van der Waals surface area contributed by atoms with Crippen LogP contribution in [0.15, 0.2) is 53.5 Å². The van der Waals surface area contributed by atoms with Crippen LogP contribution < -0.4 is 0 Å². The first kappa shape index (κ1) is 19.8. The maximum atomic E-state index is 11.8. The highest BCUT2D eigenvalue weighted by atomic mass is 16.1. The fourth-order valence-corrected chi connectivity index (χ4v) is 2.21. The number of aliphatic imine (C=N–C) groups is 1. The maximum absolute atomic E-state index is 11.8. The van der Waals surface area contributed by atoms with E-state index in [2.05, 4.69) is 36.2 Å². The van der Waals surface area contributed by atoms with Crippen molar-refractivity contribution in [1.29, 1.82) is 0 Å². The minimum atomic E-state index is 0.0986. The van der Waals surface area contributed by atoms with Crippen LogP contribution in [-0.2, 0) is 0 Å². The van der Waals surface area contributed by atoms with Crippen LogP contribution in [0, 0.1) is 6.92 Å². The van der Waals surface area contributed by atoms with Crippen LogP contribution in [0.5, 0.6) is 0 Å². The average molecular weight is 324 g/mol. The van der Waals surface area contributed by atoms with E-state index < -0.39 is 0 Å². The number of benzene rings is 2. The van der Waals surface area contributed by atoms with E-state index in [0.717, 1.165) is 22.4 Å². The van der Waals surface area contributed by atoms with Gasteiger partial charge in [0.1, 0.15) is 6.54 Å². The minimum Gasteiger partial charge on any atom is -0.312 e. The van der Waals surface area contributed by atoms with Gasteiger partial charge in [0.2, 0.25) is 0 Å². The summed E-state index contributed by atoms with van der Waals surface area (Å²) >= 11 is 0. The van der Waals surface area contributed by atoms with Crippen LogP contribution in [0.1, 0.15) is 40.9 Å². The molecule has 0 aromatic heterocycles. The van der Waals surface area contributed by atoms with Gasteiger partial charge < -0.3 is 4.90 Å². The van der Waals surface area contributed by atoms with Gasteiger partial charge in [-0.15, -0.1) is 0 Å². The van der Waals surface area contributed by atoms with Gasteiger partial charge in [0.15, 0.2) is 5.78 Å². The zero-order valence-corrected chi connectivity index (χ0v) is 15.6. The third-order valence-electron chi connectivity index (χ3n) is 3.19. The molecule has 2 aromatic rings. The van der Waals surface area contributed by atoms with Crippen molar-refractivity contribution in [3.05, 3.63) is 70.8 Å². The van der Waals surface area contributed by atoms with Gasteiger partial charge in [-0.3, -0.25) is 9.79 Å². The number of carbonyl (C=O) groups is 1. The summed E-state index contributed by atoms with van der Waals surface area (Å²) in [5, 5.41) is 0. The Morgan fingerprint density at radius 3 is 1.92 bits per heavy atom. The summed E-state index contributed by atoms with van der Waals surface area (Å²) in [5.74, 6) is 0.0986. The van der Waals surface area contributed by atoms with Crippen molar-refractivity contribution in [2.24, 2.45) is 4.99 Å². The van der Waals surface area contributed by atoms with Gasteiger partial charge in [-0.2, -0.15) is 0 Å². The lowest BCUT2D eigenvalue weighted by atomic mass is 9.92. The van der Waals surface area contributed by atoms with Crippen molar-refractivity contribution in [2.45, 2.75) is 20.8 Å². The van der Waals surface area contributed by atoms with Crippen LogP contribution in [0.3, 0.4) is 0 Å². The van der Waals surface area contributed by atoms with Crippen molar-refractivity contribution in [2.75, 3.05) is 27.7 Å². The van der Waals surface area contributed by atoms with Crippen molar-refractivity contribution in [3.8, 4) is 0 Å². The number of ketones is 1. The predicted octanol–water partition coefficient (Wildman–Crippen LogP) is 4.23. The minimum absolute atomic E-state index is 0.0986. The van der Waals surface area contributed by atoms with Crippen LogP contribution in [0.2, 0.25) is 0 Å². The number of rotatable bonds is 1. The first-order valence-corrected chi connectivity index (χ1v) is 8.34. The van der Waals surface area contributed by atoms with E-state index in [1.165, 1.54) is 5.56 Å². The molecule has 1 heterocycles. The predicted molar refractivity (Wildman–Crippen MR) is 103 cm³/mol. The summed E-state index contributed by atoms with van der Waals surface area (Å²) in [4.78, 5) is 18.2. The van der Waals surface area contributed by atoms with Gasteiger partial charge in [0, 0.05) is 16.7 Å². The van der Waals surface area contributed by atoms with E-state index in [1.54, 1.807) is 0 Å². The Morgan fingerprint density at radius 1 is 0.875 bits per heavy atom. The Morgan fingerprint density at radius 2 is 1.38 bits per heavy atom. The lowest BCUT2D eigenvalue weighted by molar-refractivity contribution is 0.1000. The lowest BCUT2D eigenvalue weighted by Gasteiger charge is -2.16. The molecule has 128 valence electrons. The summed E-state index contributed by atoms with van der Waals surface area (Å²) < 4.78 is 0. The molecule has 0 spiro atoms. The molecule has 0 atom stereocenters. The van der Waals surface area contributed by atoms with Gasteiger partial charge in [-0.05, 0) is 28.1 Å². The number of carbonyl (C=O) groups excluding carboxylic acids is 1. The molecule has 2 aromatic carbocycles. The fourth-order valence-electron chi connectivity index (χ4n) is 2.21. The SMILES string of the molecule is CC.CN(C)C.Cc1ccc(C2=NCC(=O)c3ccccc32)cc1. The van der Waals surface area contributed by atoms with E-state index in [0.29, 0.717) is 0 Å². The normalized spacial score (nSPS) is 12.3. The molecule has 0 saturated carbocycles. The number of aryl methyl sites for hydroxylation is 1.